The average molecular weight is 443 g/mol. The van der Waals surface area contributed by atoms with Gasteiger partial charge in [0, 0.05) is 25.6 Å². The van der Waals surface area contributed by atoms with Crippen LogP contribution >= 0.6 is 24.0 Å². The first kappa shape index (κ1) is 19.5. The molecule has 134 valence electrons. The van der Waals surface area contributed by atoms with Gasteiger partial charge in [-0.2, -0.15) is 0 Å². The van der Waals surface area contributed by atoms with Crippen LogP contribution in [-0.4, -0.2) is 38.3 Å². The summed E-state index contributed by atoms with van der Waals surface area (Å²) in [5, 5.41) is 6.89. The number of nitrogens with zero attached hydrogens (tertiary/aromatic N) is 1. The van der Waals surface area contributed by atoms with Crippen LogP contribution < -0.4 is 10.6 Å². The molecule has 2 atom stereocenters. The first-order valence-electron chi connectivity index (χ1n) is 9.08. The molecule has 0 radical (unpaired) electrons. The molecule has 1 aliphatic carbocycles. The van der Waals surface area contributed by atoms with E-state index in [1.54, 1.807) is 0 Å². The van der Waals surface area contributed by atoms with Crippen molar-refractivity contribution in [1.29, 1.82) is 0 Å². The van der Waals surface area contributed by atoms with E-state index in [0.717, 1.165) is 38.6 Å². The number of halogens is 1. The number of fused-ring (bicyclic) bond motifs is 1. The van der Waals surface area contributed by atoms with Crippen molar-refractivity contribution in [2.24, 2.45) is 4.99 Å². The molecule has 5 heteroatoms. The number of benzene rings is 1. The third-order valence-corrected chi connectivity index (χ3v) is 4.83. The van der Waals surface area contributed by atoms with Gasteiger partial charge in [-0.05, 0) is 50.2 Å². The Kier molecular flexibility index (Phi) is 8.32. The smallest absolute Gasteiger partial charge is 0.191 e. The number of aliphatic imine (C=N–C) groups is 1. The summed E-state index contributed by atoms with van der Waals surface area (Å²) >= 11 is 0. The van der Waals surface area contributed by atoms with Crippen LogP contribution in [0.5, 0.6) is 0 Å². The third kappa shape index (κ3) is 5.34. The molecule has 0 bridgehead atoms. The van der Waals surface area contributed by atoms with Crippen LogP contribution in [0.2, 0.25) is 0 Å². The highest BCUT2D eigenvalue weighted by atomic mass is 127. The zero-order valence-corrected chi connectivity index (χ0v) is 16.9. The zero-order valence-electron chi connectivity index (χ0n) is 14.6. The SMILES string of the molecule is CCNC(=NCC1CCCO1)NCC1CCCc2ccccc21.I. The molecule has 1 aromatic carbocycles. The summed E-state index contributed by atoms with van der Waals surface area (Å²) in [5.74, 6) is 1.51. The number of ether oxygens (including phenoxy) is 1. The van der Waals surface area contributed by atoms with Gasteiger partial charge in [-0.3, -0.25) is 4.99 Å². The Hall–Kier alpha value is -0.820. The Bertz CT molecular complexity index is 529. The first-order valence-corrected chi connectivity index (χ1v) is 9.08. The molecule has 3 rings (SSSR count). The Morgan fingerprint density at radius 1 is 1.21 bits per heavy atom. The molecule has 2 N–H and O–H groups in total. The number of rotatable bonds is 5. The van der Waals surface area contributed by atoms with Crippen LogP contribution in [-0.2, 0) is 11.2 Å². The van der Waals surface area contributed by atoms with E-state index < -0.39 is 0 Å². The molecular weight excluding hydrogens is 413 g/mol. The van der Waals surface area contributed by atoms with Crippen molar-refractivity contribution in [2.45, 2.75) is 51.0 Å². The van der Waals surface area contributed by atoms with Crippen molar-refractivity contribution < 1.29 is 4.74 Å². The van der Waals surface area contributed by atoms with E-state index in [1.165, 1.54) is 36.8 Å². The summed E-state index contributed by atoms with van der Waals surface area (Å²) in [7, 11) is 0. The minimum Gasteiger partial charge on any atom is -0.376 e. The largest absolute Gasteiger partial charge is 0.376 e. The van der Waals surface area contributed by atoms with Gasteiger partial charge in [0.2, 0.25) is 0 Å². The van der Waals surface area contributed by atoms with Crippen molar-refractivity contribution in [3.63, 3.8) is 0 Å². The summed E-state index contributed by atoms with van der Waals surface area (Å²) in [6.07, 6.45) is 6.38. The molecule has 2 unspecified atom stereocenters. The highest BCUT2D eigenvalue weighted by Crippen LogP contribution is 2.30. The second-order valence-electron chi connectivity index (χ2n) is 6.52. The monoisotopic (exact) mass is 443 g/mol. The van der Waals surface area contributed by atoms with E-state index in [2.05, 4.69) is 41.8 Å². The summed E-state index contributed by atoms with van der Waals surface area (Å²) < 4.78 is 5.66. The molecule has 2 aliphatic rings. The minimum atomic E-state index is 0. The van der Waals surface area contributed by atoms with Gasteiger partial charge in [-0.25, -0.2) is 0 Å². The molecule has 1 saturated heterocycles. The molecule has 1 aliphatic heterocycles. The molecule has 4 nitrogen and oxygen atoms in total. The molecule has 0 spiro atoms. The van der Waals surface area contributed by atoms with Gasteiger partial charge < -0.3 is 15.4 Å². The van der Waals surface area contributed by atoms with Gasteiger partial charge in [0.1, 0.15) is 0 Å². The van der Waals surface area contributed by atoms with E-state index in [-0.39, 0.29) is 24.0 Å². The van der Waals surface area contributed by atoms with Crippen LogP contribution in [0.3, 0.4) is 0 Å². The molecule has 1 heterocycles. The summed E-state index contributed by atoms with van der Waals surface area (Å²) in [5.41, 5.74) is 3.04. The number of aryl methyl sites for hydroxylation is 1. The lowest BCUT2D eigenvalue weighted by Gasteiger charge is -2.26. The summed E-state index contributed by atoms with van der Waals surface area (Å²) in [4.78, 5) is 4.71. The normalized spacial score (nSPS) is 23.3. The van der Waals surface area contributed by atoms with Crippen LogP contribution in [0, 0.1) is 0 Å². The maximum Gasteiger partial charge on any atom is 0.191 e. The van der Waals surface area contributed by atoms with E-state index in [0.29, 0.717) is 12.0 Å². The van der Waals surface area contributed by atoms with Gasteiger partial charge >= 0.3 is 0 Å². The number of guanidine groups is 1. The maximum absolute atomic E-state index is 5.66. The van der Waals surface area contributed by atoms with E-state index in [4.69, 9.17) is 9.73 Å². The lowest BCUT2D eigenvalue weighted by Crippen LogP contribution is -2.40. The minimum absolute atomic E-state index is 0. The predicted molar refractivity (Wildman–Crippen MR) is 110 cm³/mol. The highest BCUT2D eigenvalue weighted by molar-refractivity contribution is 14.0. The van der Waals surface area contributed by atoms with Crippen LogP contribution in [0.4, 0.5) is 0 Å². The molecule has 0 amide bonds. The fourth-order valence-corrected chi connectivity index (χ4v) is 3.61. The number of nitrogens with one attached hydrogen (secondary N) is 2. The zero-order chi connectivity index (χ0) is 15.9. The van der Waals surface area contributed by atoms with Gasteiger partial charge in [0.15, 0.2) is 5.96 Å². The second-order valence-corrected chi connectivity index (χ2v) is 6.52. The lowest BCUT2D eigenvalue weighted by atomic mass is 9.83. The van der Waals surface area contributed by atoms with Crippen molar-refractivity contribution in [1.82, 2.24) is 10.6 Å². The van der Waals surface area contributed by atoms with Gasteiger partial charge in [0.25, 0.3) is 0 Å². The summed E-state index contributed by atoms with van der Waals surface area (Å²) in [6.45, 7) is 5.60. The van der Waals surface area contributed by atoms with Crippen molar-refractivity contribution >= 4 is 29.9 Å². The van der Waals surface area contributed by atoms with Gasteiger partial charge in [-0.1, -0.05) is 24.3 Å². The van der Waals surface area contributed by atoms with Crippen molar-refractivity contribution in [2.75, 3.05) is 26.2 Å². The Morgan fingerprint density at radius 3 is 2.88 bits per heavy atom. The van der Waals surface area contributed by atoms with Crippen molar-refractivity contribution in [3.8, 4) is 0 Å². The van der Waals surface area contributed by atoms with Crippen LogP contribution in [0.1, 0.15) is 49.7 Å². The summed E-state index contributed by atoms with van der Waals surface area (Å²) in [6, 6.07) is 8.88. The third-order valence-electron chi connectivity index (χ3n) is 4.83. The quantitative estimate of drug-likeness (QED) is 0.416. The Labute approximate surface area is 162 Å². The highest BCUT2D eigenvalue weighted by Gasteiger charge is 2.20. The molecule has 24 heavy (non-hydrogen) atoms. The van der Waals surface area contributed by atoms with E-state index >= 15 is 0 Å². The van der Waals surface area contributed by atoms with Gasteiger partial charge in [0.05, 0.1) is 12.6 Å². The topological polar surface area (TPSA) is 45.7 Å². The standard InChI is InChI=1S/C19H29N3O.HI/c1-2-20-19(22-14-17-10-6-12-23-17)21-13-16-9-5-8-15-7-3-4-11-18(15)16;/h3-4,7,11,16-17H,2,5-6,8-10,12-14H2,1H3,(H2,20,21,22);1H. The number of hydrogen-bond acceptors (Lipinski definition) is 2. The number of hydrogen-bond donors (Lipinski definition) is 2. The van der Waals surface area contributed by atoms with Gasteiger partial charge in [-0.15, -0.1) is 24.0 Å². The van der Waals surface area contributed by atoms with Crippen LogP contribution in [0.25, 0.3) is 0 Å². The first-order chi connectivity index (χ1) is 11.4. The Balaban J connectivity index is 0.00000208. The molecular formula is C19H30IN3O. The molecule has 0 saturated carbocycles. The second kappa shape index (κ2) is 10.2. The van der Waals surface area contributed by atoms with Crippen LogP contribution in [0.15, 0.2) is 29.3 Å². The molecule has 1 aromatic rings. The van der Waals surface area contributed by atoms with E-state index in [1.807, 2.05) is 0 Å². The Morgan fingerprint density at radius 2 is 2.08 bits per heavy atom. The average Bonchev–Trinajstić information content (AvgIpc) is 3.11. The van der Waals surface area contributed by atoms with E-state index in [9.17, 15) is 0 Å². The lowest BCUT2D eigenvalue weighted by molar-refractivity contribution is 0.117. The fourth-order valence-electron chi connectivity index (χ4n) is 3.61. The maximum atomic E-state index is 5.66. The molecule has 0 aromatic heterocycles. The van der Waals surface area contributed by atoms with Crippen molar-refractivity contribution in [3.05, 3.63) is 35.4 Å². The fraction of sp³-hybridized carbons (Fsp3) is 0.632. The molecule has 1 fully saturated rings. The predicted octanol–water partition coefficient (Wildman–Crippen LogP) is 3.46.